The summed E-state index contributed by atoms with van der Waals surface area (Å²) in [5, 5.41) is 0. The number of hydrogen-bond donors (Lipinski definition) is 0. The first-order valence-corrected chi connectivity index (χ1v) is 7.17. The van der Waals surface area contributed by atoms with Crippen LogP contribution in [0.25, 0.3) is 0 Å². The smallest absolute Gasteiger partial charge is 0.424 e. The Morgan fingerprint density at radius 3 is 2.50 bits per heavy atom. The van der Waals surface area contributed by atoms with Gasteiger partial charge in [-0.25, -0.2) is 9.00 Å². The van der Waals surface area contributed by atoms with E-state index in [-0.39, 0.29) is 6.61 Å². The number of nitrogens with zero attached hydrogens (tertiary/aromatic N) is 1. The number of carbonyl (C=O) groups excluding carboxylic acids is 1. The molecule has 1 unspecified atom stereocenters. The third-order valence-electron chi connectivity index (χ3n) is 2.52. The summed E-state index contributed by atoms with van der Waals surface area (Å²) in [6, 6.07) is 0. The molecule has 0 spiro atoms. The Hall–Kier alpha value is -0.620. The maximum Gasteiger partial charge on any atom is 0.424 e. The number of carbonyl (C=O) groups is 1. The molecular formula is C12H23NO4S. The predicted molar refractivity (Wildman–Crippen MR) is 70.0 cm³/mol. The first kappa shape index (κ1) is 15.4. The summed E-state index contributed by atoms with van der Waals surface area (Å²) in [7, 11) is 0. The van der Waals surface area contributed by atoms with Crippen LogP contribution in [0.3, 0.4) is 0 Å². The van der Waals surface area contributed by atoms with Crippen LogP contribution in [0.15, 0.2) is 0 Å². The first-order chi connectivity index (χ1) is 8.05. The lowest BCUT2D eigenvalue weighted by atomic mass is 9.92. The van der Waals surface area contributed by atoms with E-state index >= 15 is 0 Å². The van der Waals surface area contributed by atoms with E-state index in [9.17, 15) is 9.00 Å². The molecule has 1 amide bonds. The van der Waals surface area contributed by atoms with Crippen LogP contribution in [0, 0.1) is 5.92 Å². The van der Waals surface area contributed by atoms with E-state index < -0.39 is 28.5 Å². The summed E-state index contributed by atoms with van der Waals surface area (Å²) < 4.78 is 23.4. The van der Waals surface area contributed by atoms with E-state index in [4.69, 9.17) is 8.92 Å². The van der Waals surface area contributed by atoms with Crippen molar-refractivity contribution < 1.29 is 17.9 Å². The average molecular weight is 277 g/mol. The highest BCUT2D eigenvalue weighted by Crippen LogP contribution is 2.33. The van der Waals surface area contributed by atoms with E-state index in [1.54, 1.807) is 20.8 Å². The van der Waals surface area contributed by atoms with Crippen LogP contribution < -0.4 is 0 Å². The molecule has 1 heterocycles. The van der Waals surface area contributed by atoms with E-state index in [1.807, 2.05) is 6.92 Å². The summed E-state index contributed by atoms with van der Waals surface area (Å²) in [6.07, 6.45) is 0.138. The van der Waals surface area contributed by atoms with Crippen molar-refractivity contribution in [2.75, 3.05) is 6.61 Å². The summed E-state index contributed by atoms with van der Waals surface area (Å²) in [5.41, 5.74) is -1.18. The molecule has 5 nitrogen and oxygen atoms in total. The molecule has 106 valence electrons. The summed E-state index contributed by atoms with van der Waals surface area (Å²) >= 11 is -1.75. The minimum atomic E-state index is -1.75. The third kappa shape index (κ3) is 3.68. The molecule has 1 aliphatic rings. The van der Waals surface area contributed by atoms with Crippen molar-refractivity contribution in [3.05, 3.63) is 0 Å². The molecule has 0 aromatic heterocycles. The first-order valence-electron chi connectivity index (χ1n) is 6.13. The maximum absolute atomic E-state index is 12.1. The highest BCUT2D eigenvalue weighted by Gasteiger charge is 2.48. The Labute approximate surface area is 112 Å². The van der Waals surface area contributed by atoms with Gasteiger partial charge in [0.25, 0.3) is 11.3 Å². The zero-order valence-electron chi connectivity index (χ0n) is 12.0. The van der Waals surface area contributed by atoms with Crippen LogP contribution in [-0.2, 0) is 20.2 Å². The average Bonchev–Trinajstić information content (AvgIpc) is 2.37. The van der Waals surface area contributed by atoms with Crippen LogP contribution in [0.1, 0.15) is 48.0 Å². The fraction of sp³-hybridized carbons (Fsp3) is 0.917. The monoisotopic (exact) mass is 277 g/mol. The fourth-order valence-corrected chi connectivity index (χ4v) is 3.18. The van der Waals surface area contributed by atoms with Crippen molar-refractivity contribution in [1.82, 2.24) is 4.31 Å². The highest BCUT2D eigenvalue weighted by molar-refractivity contribution is 7.78. The van der Waals surface area contributed by atoms with Crippen molar-refractivity contribution in [3.63, 3.8) is 0 Å². The molecule has 2 atom stereocenters. The van der Waals surface area contributed by atoms with Crippen molar-refractivity contribution in [2.45, 2.75) is 59.1 Å². The Balaban J connectivity index is 2.88. The maximum atomic E-state index is 12.1. The lowest BCUT2D eigenvalue weighted by Gasteiger charge is -2.33. The number of amides is 1. The Kier molecular flexibility index (Phi) is 4.43. The summed E-state index contributed by atoms with van der Waals surface area (Å²) in [6.45, 7) is 11.6. The second-order valence-electron chi connectivity index (χ2n) is 6.35. The summed E-state index contributed by atoms with van der Waals surface area (Å²) in [5.74, 6) is 0.374. The van der Waals surface area contributed by atoms with Gasteiger partial charge in [0.05, 0.1) is 12.1 Å². The van der Waals surface area contributed by atoms with Crippen molar-refractivity contribution >= 4 is 17.4 Å². The molecule has 1 aliphatic heterocycles. The fourth-order valence-electron chi connectivity index (χ4n) is 2.07. The molecule has 1 rings (SSSR count). The van der Waals surface area contributed by atoms with Gasteiger partial charge in [0.15, 0.2) is 0 Å². The number of hydrogen-bond acceptors (Lipinski definition) is 4. The second-order valence-corrected chi connectivity index (χ2v) is 7.38. The summed E-state index contributed by atoms with van der Waals surface area (Å²) in [4.78, 5) is 12.1. The SMILES string of the molecule is CC(C)C[C@@]1(C)COS(=O)N1C(=O)OC(C)(C)C. The molecule has 1 fully saturated rings. The van der Waals surface area contributed by atoms with Gasteiger partial charge in [0.1, 0.15) is 5.60 Å². The zero-order valence-corrected chi connectivity index (χ0v) is 12.8. The van der Waals surface area contributed by atoms with Gasteiger partial charge in [-0.05, 0) is 40.0 Å². The lowest BCUT2D eigenvalue weighted by molar-refractivity contribution is 0.0252. The Morgan fingerprint density at radius 2 is 2.06 bits per heavy atom. The van der Waals surface area contributed by atoms with E-state index in [0.29, 0.717) is 5.92 Å². The van der Waals surface area contributed by atoms with Gasteiger partial charge in [0, 0.05) is 0 Å². The van der Waals surface area contributed by atoms with E-state index in [2.05, 4.69) is 13.8 Å². The molecule has 0 aliphatic carbocycles. The van der Waals surface area contributed by atoms with Gasteiger partial charge in [0.2, 0.25) is 0 Å². The standard InChI is InChI=1S/C12H23NO4S/c1-9(2)7-12(6)8-16-18(15)13(12)10(14)17-11(3,4)5/h9H,7-8H2,1-6H3/t12-,18?/m0/s1. The molecule has 6 heteroatoms. The van der Waals surface area contributed by atoms with Gasteiger partial charge in [-0.2, -0.15) is 4.31 Å². The van der Waals surface area contributed by atoms with Gasteiger partial charge >= 0.3 is 6.09 Å². The van der Waals surface area contributed by atoms with Gasteiger partial charge < -0.3 is 4.74 Å². The zero-order chi connectivity index (χ0) is 14.1. The normalized spacial score (nSPS) is 28.8. The molecule has 0 bridgehead atoms. The molecule has 0 aromatic rings. The molecule has 18 heavy (non-hydrogen) atoms. The molecule has 0 radical (unpaired) electrons. The van der Waals surface area contributed by atoms with E-state index in [0.717, 1.165) is 6.42 Å². The molecule has 0 saturated carbocycles. The third-order valence-corrected chi connectivity index (χ3v) is 3.72. The molecule has 0 N–H and O–H groups in total. The molecular weight excluding hydrogens is 254 g/mol. The lowest BCUT2D eigenvalue weighted by Crippen LogP contribution is -2.49. The predicted octanol–water partition coefficient (Wildman–Crippen LogP) is 2.64. The molecule has 0 aromatic carbocycles. The van der Waals surface area contributed by atoms with Gasteiger partial charge in [-0.3, -0.25) is 4.18 Å². The van der Waals surface area contributed by atoms with Crippen molar-refractivity contribution in [2.24, 2.45) is 5.92 Å². The van der Waals surface area contributed by atoms with Gasteiger partial charge in [-0.15, -0.1) is 0 Å². The van der Waals surface area contributed by atoms with Crippen LogP contribution in [0.4, 0.5) is 4.79 Å². The second kappa shape index (κ2) is 5.17. The van der Waals surface area contributed by atoms with Crippen LogP contribution in [-0.4, -0.2) is 32.4 Å². The van der Waals surface area contributed by atoms with Crippen molar-refractivity contribution in [3.8, 4) is 0 Å². The Bertz CT molecular complexity index is 350. The minimum Gasteiger partial charge on any atom is -0.443 e. The number of rotatable bonds is 2. The quantitative estimate of drug-likeness (QED) is 0.778. The van der Waals surface area contributed by atoms with Crippen molar-refractivity contribution in [1.29, 1.82) is 0 Å². The number of ether oxygens (including phenoxy) is 1. The van der Waals surface area contributed by atoms with Gasteiger partial charge in [-0.1, -0.05) is 13.8 Å². The van der Waals surface area contributed by atoms with E-state index in [1.165, 1.54) is 4.31 Å². The van der Waals surface area contributed by atoms with Crippen LogP contribution in [0.2, 0.25) is 0 Å². The highest BCUT2D eigenvalue weighted by atomic mass is 32.2. The Morgan fingerprint density at radius 1 is 1.50 bits per heavy atom. The van der Waals surface area contributed by atoms with Crippen LogP contribution in [0.5, 0.6) is 0 Å². The largest absolute Gasteiger partial charge is 0.443 e. The topological polar surface area (TPSA) is 55.8 Å². The minimum absolute atomic E-state index is 0.275. The van der Waals surface area contributed by atoms with Crippen LogP contribution >= 0.6 is 0 Å². The molecule has 1 saturated heterocycles.